The Morgan fingerprint density at radius 1 is 1.26 bits per heavy atom. The van der Waals surface area contributed by atoms with Crippen molar-refractivity contribution in [2.24, 2.45) is 5.73 Å². The quantitative estimate of drug-likeness (QED) is 0.882. The van der Waals surface area contributed by atoms with Crippen molar-refractivity contribution < 1.29 is 18.0 Å². The molecule has 7 heteroatoms. The van der Waals surface area contributed by atoms with Crippen molar-refractivity contribution in [2.45, 2.75) is 12.2 Å². The van der Waals surface area contributed by atoms with Crippen LogP contribution in [-0.4, -0.2) is 10.8 Å². The van der Waals surface area contributed by atoms with E-state index < -0.39 is 23.0 Å². The smallest absolute Gasteiger partial charge is 0.317 e. The average Bonchev–Trinajstić information content (AvgIpc) is 2.87. The van der Waals surface area contributed by atoms with Crippen LogP contribution in [0.1, 0.15) is 26.3 Å². The molecule has 0 amide bonds. The Morgan fingerprint density at radius 3 is 2.42 bits per heavy atom. The highest BCUT2D eigenvalue weighted by Gasteiger charge is 2.35. The van der Waals surface area contributed by atoms with Crippen molar-refractivity contribution in [1.29, 1.82) is 0 Å². The van der Waals surface area contributed by atoms with Crippen molar-refractivity contribution in [3.8, 4) is 0 Å². The summed E-state index contributed by atoms with van der Waals surface area (Å²) in [5.41, 5.74) is 6.29. The van der Waals surface area contributed by atoms with E-state index >= 15 is 0 Å². The van der Waals surface area contributed by atoms with Gasteiger partial charge in [0.2, 0.25) is 0 Å². The van der Waals surface area contributed by atoms with Crippen LogP contribution in [0.5, 0.6) is 0 Å². The van der Waals surface area contributed by atoms with Gasteiger partial charge in [-0.25, -0.2) is 4.98 Å². The van der Waals surface area contributed by atoms with Crippen LogP contribution in [0.15, 0.2) is 36.5 Å². The van der Waals surface area contributed by atoms with Crippen LogP contribution in [0.3, 0.4) is 0 Å². The topological polar surface area (TPSA) is 56.0 Å². The predicted molar refractivity (Wildman–Crippen MR) is 64.8 cm³/mol. The molecule has 0 aliphatic heterocycles. The molecule has 1 atom stereocenters. The number of halogens is 3. The lowest BCUT2D eigenvalue weighted by Crippen LogP contribution is -2.20. The van der Waals surface area contributed by atoms with Crippen molar-refractivity contribution in [2.75, 3.05) is 0 Å². The van der Waals surface area contributed by atoms with Crippen LogP contribution in [0.25, 0.3) is 0 Å². The molecule has 0 aliphatic carbocycles. The Morgan fingerprint density at radius 2 is 1.89 bits per heavy atom. The molecule has 0 saturated carbocycles. The number of hydrogen-bond acceptors (Lipinski definition) is 4. The number of ketones is 1. The van der Waals surface area contributed by atoms with Gasteiger partial charge in [-0.15, -0.1) is 11.3 Å². The number of alkyl halides is 3. The average molecular weight is 286 g/mol. The van der Waals surface area contributed by atoms with Crippen molar-refractivity contribution in [1.82, 2.24) is 4.98 Å². The van der Waals surface area contributed by atoms with Crippen molar-refractivity contribution in [3.63, 3.8) is 0 Å². The Kier molecular flexibility index (Phi) is 3.68. The van der Waals surface area contributed by atoms with Gasteiger partial charge in [0.25, 0.3) is 0 Å². The van der Waals surface area contributed by atoms with Crippen LogP contribution in [0.4, 0.5) is 13.2 Å². The van der Waals surface area contributed by atoms with E-state index in [0.717, 1.165) is 6.20 Å². The first-order valence-electron chi connectivity index (χ1n) is 5.27. The molecule has 3 nitrogen and oxygen atoms in total. The molecule has 2 rings (SSSR count). The molecule has 0 unspecified atom stereocenters. The zero-order valence-electron chi connectivity index (χ0n) is 9.52. The molecular formula is C12H9F3N2OS. The number of carbonyl (C=O) groups is 1. The van der Waals surface area contributed by atoms with Crippen molar-refractivity contribution in [3.05, 3.63) is 52.0 Å². The van der Waals surface area contributed by atoms with Crippen molar-refractivity contribution >= 4 is 17.1 Å². The van der Waals surface area contributed by atoms with Gasteiger partial charge < -0.3 is 5.73 Å². The molecule has 1 aromatic carbocycles. The van der Waals surface area contributed by atoms with Gasteiger partial charge in [-0.3, -0.25) is 4.79 Å². The summed E-state index contributed by atoms with van der Waals surface area (Å²) >= 11 is 0.305. The van der Waals surface area contributed by atoms with E-state index in [9.17, 15) is 18.0 Å². The normalized spacial score (nSPS) is 13.3. The molecular weight excluding hydrogens is 277 g/mol. The zero-order valence-corrected chi connectivity index (χ0v) is 10.3. The lowest BCUT2D eigenvalue weighted by molar-refractivity contribution is -0.137. The minimum absolute atomic E-state index is 0.0938. The largest absolute Gasteiger partial charge is 0.443 e. The Labute approximate surface area is 110 Å². The fourth-order valence-electron chi connectivity index (χ4n) is 1.48. The monoisotopic (exact) mass is 286 g/mol. The minimum atomic E-state index is -4.54. The second kappa shape index (κ2) is 5.10. The molecule has 19 heavy (non-hydrogen) atoms. The molecule has 0 radical (unpaired) electrons. The summed E-state index contributed by atoms with van der Waals surface area (Å²) < 4.78 is 37.2. The van der Waals surface area contributed by atoms with E-state index in [4.69, 9.17) is 5.73 Å². The molecule has 0 spiro atoms. The van der Waals surface area contributed by atoms with Crippen LogP contribution >= 0.6 is 11.3 Å². The fourth-order valence-corrected chi connectivity index (χ4v) is 2.25. The summed E-state index contributed by atoms with van der Waals surface area (Å²) in [5, 5.41) is -1.05. The Hall–Kier alpha value is -1.73. The summed E-state index contributed by atoms with van der Waals surface area (Å²) in [4.78, 5) is 15.1. The number of carbonyl (C=O) groups excluding carboxylic acids is 1. The van der Waals surface area contributed by atoms with Crippen LogP contribution in [-0.2, 0) is 6.18 Å². The summed E-state index contributed by atoms with van der Waals surface area (Å²) in [6.45, 7) is 0. The van der Waals surface area contributed by atoms with Crippen LogP contribution in [0.2, 0.25) is 0 Å². The number of Topliss-reactive ketones (excluding diaryl/α,β-unsaturated/α-hetero) is 1. The van der Waals surface area contributed by atoms with Gasteiger partial charge >= 0.3 is 6.18 Å². The van der Waals surface area contributed by atoms with Gasteiger partial charge in [0.05, 0.1) is 10.9 Å². The molecule has 0 fully saturated rings. The highest BCUT2D eigenvalue weighted by molar-refractivity contribution is 7.13. The highest BCUT2D eigenvalue weighted by Crippen LogP contribution is 2.33. The van der Waals surface area contributed by atoms with Gasteiger partial charge in [0.1, 0.15) is 0 Å². The van der Waals surface area contributed by atoms with E-state index in [-0.39, 0.29) is 4.88 Å². The van der Waals surface area contributed by atoms with E-state index in [1.54, 1.807) is 30.3 Å². The number of hydrogen-bond donors (Lipinski definition) is 1. The molecule has 1 aromatic heterocycles. The second-order valence-electron chi connectivity index (χ2n) is 3.78. The van der Waals surface area contributed by atoms with Gasteiger partial charge in [-0.05, 0) is 5.56 Å². The summed E-state index contributed by atoms with van der Waals surface area (Å²) in [5.74, 6) is -0.570. The van der Waals surface area contributed by atoms with E-state index in [1.165, 1.54) is 0 Å². The zero-order chi connectivity index (χ0) is 14.0. The Bertz CT molecular complexity index is 580. The molecule has 100 valence electrons. The van der Waals surface area contributed by atoms with E-state index in [2.05, 4.69) is 4.98 Å². The van der Waals surface area contributed by atoms with Gasteiger partial charge in [0, 0.05) is 6.20 Å². The lowest BCUT2D eigenvalue weighted by Gasteiger charge is -2.08. The van der Waals surface area contributed by atoms with Gasteiger partial charge in [-0.2, -0.15) is 13.2 Å². The number of benzene rings is 1. The summed E-state index contributed by atoms with van der Waals surface area (Å²) in [6, 6.07) is 7.48. The summed E-state index contributed by atoms with van der Waals surface area (Å²) in [7, 11) is 0. The maximum atomic E-state index is 12.4. The number of aromatic nitrogens is 1. The predicted octanol–water partition coefficient (Wildman–Crippen LogP) is 3.04. The number of nitrogens with zero attached hydrogens (tertiary/aromatic N) is 1. The first-order valence-corrected chi connectivity index (χ1v) is 6.09. The highest BCUT2D eigenvalue weighted by atomic mass is 32.1. The molecule has 0 saturated heterocycles. The van der Waals surface area contributed by atoms with Crippen LogP contribution in [0, 0.1) is 0 Å². The SMILES string of the molecule is N[C@@H](C(=O)c1cnc(C(F)(F)F)s1)c1ccccc1. The molecule has 0 aliphatic rings. The minimum Gasteiger partial charge on any atom is -0.317 e. The van der Waals surface area contributed by atoms with Crippen LogP contribution < -0.4 is 5.73 Å². The Balaban J connectivity index is 2.23. The summed E-state index contributed by atoms with van der Waals surface area (Å²) in [6.07, 6.45) is -3.63. The lowest BCUT2D eigenvalue weighted by atomic mass is 10.0. The molecule has 2 aromatic rings. The number of nitrogens with two attached hydrogens (primary N) is 1. The maximum Gasteiger partial charge on any atom is 0.443 e. The third kappa shape index (κ3) is 2.99. The molecule has 1 heterocycles. The fraction of sp³-hybridized carbons (Fsp3) is 0.167. The maximum absolute atomic E-state index is 12.4. The number of thiazole rings is 1. The second-order valence-corrected chi connectivity index (χ2v) is 4.81. The molecule has 2 N–H and O–H groups in total. The van der Waals surface area contributed by atoms with E-state index in [0.29, 0.717) is 16.9 Å². The van der Waals surface area contributed by atoms with Gasteiger partial charge in [-0.1, -0.05) is 30.3 Å². The number of rotatable bonds is 3. The van der Waals surface area contributed by atoms with Gasteiger partial charge in [0.15, 0.2) is 10.8 Å². The third-order valence-electron chi connectivity index (χ3n) is 2.43. The first-order chi connectivity index (χ1) is 8.89. The molecule has 0 bridgehead atoms. The standard InChI is InChI=1S/C12H9F3N2OS/c13-12(14,15)11-17-6-8(19-11)10(18)9(16)7-4-2-1-3-5-7/h1-6,9H,16H2/t9-/m1/s1. The first kappa shape index (κ1) is 13.7. The third-order valence-corrected chi connectivity index (χ3v) is 3.49. The van der Waals surface area contributed by atoms with E-state index in [1.807, 2.05) is 0 Å².